The van der Waals surface area contributed by atoms with E-state index in [4.69, 9.17) is 0 Å². The van der Waals surface area contributed by atoms with Gasteiger partial charge in [0.1, 0.15) is 0 Å². The molecule has 0 amide bonds. The Balaban J connectivity index is 1.39. The maximum Gasteiger partial charge on any atom is 0.0331 e. The van der Waals surface area contributed by atoms with Crippen LogP contribution in [0.2, 0.25) is 0 Å². The molecule has 1 aromatic rings. The minimum atomic E-state index is 0.636. The molecule has 1 N–H and O–H groups in total. The quantitative estimate of drug-likeness (QED) is 0.828. The minimum absolute atomic E-state index is 0.636. The van der Waals surface area contributed by atoms with Crippen LogP contribution in [0.3, 0.4) is 0 Å². The van der Waals surface area contributed by atoms with Crippen molar-refractivity contribution in [3.05, 3.63) is 21.9 Å². The van der Waals surface area contributed by atoms with Crippen LogP contribution in [0.4, 0.5) is 0 Å². The van der Waals surface area contributed by atoms with Crippen molar-refractivity contribution < 1.29 is 0 Å². The van der Waals surface area contributed by atoms with Gasteiger partial charge in [-0.15, -0.1) is 11.3 Å². The van der Waals surface area contributed by atoms with Gasteiger partial charge in [0, 0.05) is 10.9 Å². The Morgan fingerprint density at radius 3 is 3.00 bits per heavy atom. The summed E-state index contributed by atoms with van der Waals surface area (Å²) in [5.74, 6) is 0. The van der Waals surface area contributed by atoms with Crippen LogP contribution in [0.15, 0.2) is 11.4 Å². The van der Waals surface area contributed by atoms with E-state index in [-0.39, 0.29) is 0 Å². The first-order valence-corrected chi connectivity index (χ1v) is 8.83. The lowest BCUT2D eigenvalue weighted by Gasteiger charge is -2.27. The van der Waals surface area contributed by atoms with Crippen molar-refractivity contribution in [2.45, 2.75) is 51.0 Å². The molecule has 0 bridgehead atoms. The summed E-state index contributed by atoms with van der Waals surface area (Å²) in [5.41, 5.74) is 1.59. The zero-order valence-corrected chi connectivity index (χ0v) is 12.7. The number of rotatable bonds is 5. The van der Waals surface area contributed by atoms with E-state index in [1.165, 1.54) is 71.1 Å². The summed E-state index contributed by atoms with van der Waals surface area (Å²) in [4.78, 5) is 4.27. The number of hydrogen-bond donors (Lipinski definition) is 1. The molecule has 1 aromatic heterocycles. The molecule has 1 aliphatic carbocycles. The SMILES string of the molecule is c1cc2c(s1)CCCC2NCCCN1CCCCC1. The Morgan fingerprint density at radius 1 is 1.21 bits per heavy atom. The van der Waals surface area contributed by atoms with Gasteiger partial charge >= 0.3 is 0 Å². The maximum absolute atomic E-state index is 3.78. The lowest BCUT2D eigenvalue weighted by molar-refractivity contribution is 0.224. The summed E-state index contributed by atoms with van der Waals surface area (Å²) < 4.78 is 0. The minimum Gasteiger partial charge on any atom is -0.310 e. The third-order valence-corrected chi connectivity index (χ3v) is 5.54. The van der Waals surface area contributed by atoms with Crippen LogP contribution in [0.5, 0.6) is 0 Å². The average molecular weight is 278 g/mol. The van der Waals surface area contributed by atoms with Crippen LogP contribution >= 0.6 is 11.3 Å². The first-order valence-electron chi connectivity index (χ1n) is 7.95. The van der Waals surface area contributed by atoms with E-state index in [0.717, 1.165) is 0 Å². The second-order valence-corrected chi connectivity index (χ2v) is 6.95. The van der Waals surface area contributed by atoms with Crippen LogP contribution in [-0.2, 0) is 6.42 Å². The van der Waals surface area contributed by atoms with Crippen LogP contribution in [0.1, 0.15) is 55.0 Å². The van der Waals surface area contributed by atoms with Gasteiger partial charge < -0.3 is 10.2 Å². The highest BCUT2D eigenvalue weighted by molar-refractivity contribution is 7.10. The monoisotopic (exact) mass is 278 g/mol. The Morgan fingerprint density at radius 2 is 2.11 bits per heavy atom. The van der Waals surface area contributed by atoms with E-state index in [2.05, 4.69) is 21.7 Å². The molecule has 1 atom stereocenters. The summed E-state index contributed by atoms with van der Waals surface area (Å²) in [7, 11) is 0. The smallest absolute Gasteiger partial charge is 0.0331 e. The molecule has 2 nitrogen and oxygen atoms in total. The average Bonchev–Trinajstić information content (AvgIpc) is 2.94. The van der Waals surface area contributed by atoms with Crippen molar-refractivity contribution in [2.24, 2.45) is 0 Å². The fourth-order valence-electron chi connectivity index (χ4n) is 3.46. The van der Waals surface area contributed by atoms with Gasteiger partial charge in [0.25, 0.3) is 0 Å². The highest BCUT2D eigenvalue weighted by Gasteiger charge is 2.20. The molecule has 19 heavy (non-hydrogen) atoms. The summed E-state index contributed by atoms with van der Waals surface area (Å²) in [6.45, 7) is 5.13. The van der Waals surface area contributed by atoms with E-state index in [9.17, 15) is 0 Å². The molecular weight excluding hydrogens is 252 g/mol. The number of thiophene rings is 1. The molecule has 2 aliphatic rings. The van der Waals surface area contributed by atoms with Crippen molar-refractivity contribution in [3.8, 4) is 0 Å². The number of hydrogen-bond acceptors (Lipinski definition) is 3. The summed E-state index contributed by atoms with van der Waals surface area (Å²) in [6.07, 6.45) is 9.56. The molecule has 0 spiro atoms. The predicted molar refractivity (Wildman–Crippen MR) is 82.9 cm³/mol. The lowest BCUT2D eigenvalue weighted by atomic mass is 9.94. The number of aryl methyl sites for hydroxylation is 1. The Bertz CT molecular complexity index is 382. The van der Waals surface area contributed by atoms with Crippen molar-refractivity contribution in [1.29, 1.82) is 0 Å². The molecule has 0 saturated carbocycles. The molecule has 3 heteroatoms. The fraction of sp³-hybridized carbons (Fsp3) is 0.750. The number of nitrogens with one attached hydrogen (secondary N) is 1. The van der Waals surface area contributed by atoms with Gasteiger partial charge in [0.05, 0.1) is 0 Å². The standard InChI is InChI=1S/C16H26N2S/c1-2-10-18(11-3-1)12-5-9-17-15-6-4-7-16-14(15)8-13-19-16/h8,13,15,17H,1-7,9-12H2. The van der Waals surface area contributed by atoms with Gasteiger partial charge in [0.15, 0.2) is 0 Å². The van der Waals surface area contributed by atoms with Gasteiger partial charge in [-0.2, -0.15) is 0 Å². The van der Waals surface area contributed by atoms with E-state index < -0.39 is 0 Å². The van der Waals surface area contributed by atoms with Crippen LogP contribution in [0, 0.1) is 0 Å². The Kier molecular flexibility index (Phi) is 4.91. The largest absolute Gasteiger partial charge is 0.310 e. The molecule has 1 fully saturated rings. The number of nitrogens with zero attached hydrogens (tertiary/aromatic N) is 1. The number of fused-ring (bicyclic) bond motifs is 1. The highest BCUT2D eigenvalue weighted by Crippen LogP contribution is 2.33. The van der Waals surface area contributed by atoms with Crippen LogP contribution < -0.4 is 5.32 Å². The van der Waals surface area contributed by atoms with E-state index >= 15 is 0 Å². The molecule has 0 aromatic carbocycles. The summed E-state index contributed by atoms with van der Waals surface area (Å²) >= 11 is 1.94. The number of piperidine rings is 1. The zero-order chi connectivity index (χ0) is 12.9. The topological polar surface area (TPSA) is 15.3 Å². The molecule has 1 aliphatic heterocycles. The molecule has 0 radical (unpaired) electrons. The van der Waals surface area contributed by atoms with Gasteiger partial charge in [-0.25, -0.2) is 0 Å². The van der Waals surface area contributed by atoms with E-state index in [1.54, 1.807) is 10.4 Å². The first-order chi connectivity index (χ1) is 9.43. The van der Waals surface area contributed by atoms with Gasteiger partial charge in [-0.05, 0) is 81.7 Å². The van der Waals surface area contributed by atoms with Gasteiger partial charge in [-0.1, -0.05) is 6.42 Å². The zero-order valence-electron chi connectivity index (χ0n) is 11.9. The first kappa shape index (κ1) is 13.6. The molecular formula is C16H26N2S. The predicted octanol–water partition coefficient (Wildman–Crippen LogP) is 3.59. The summed E-state index contributed by atoms with van der Waals surface area (Å²) in [5, 5.41) is 6.05. The Hall–Kier alpha value is -0.380. The Labute approximate surface area is 121 Å². The molecule has 1 unspecified atom stereocenters. The second kappa shape index (κ2) is 6.87. The molecule has 106 valence electrons. The van der Waals surface area contributed by atoms with Crippen molar-refractivity contribution in [2.75, 3.05) is 26.2 Å². The van der Waals surface area contributed by atoms with Crippen molar-refractivity contribution >= 4 is 11.3 Å². The maximum atomic E-state index is 3.78. The van der Waals surface area contributed by atoms with E-state index in [1.807, 2.05) is 11.3 Å². The van der Waals surface area contributed by atoms with Crippen molar-refractivity contribution in [1.82, 2.24) is 10.2 Å². The normalized spacial score (nSPS) is 24.3. The molecule has 1 saturated heterocycles. The number of likely N-dealkylation sites (tertiary alicyclic amines) is 1. The van der Waals surface area contributed by atoms with Crippen LogP contribution in [0.25, 0.3) is 0 Å². The van der Waals surface area contributed by atoms with Crippen LogP contribution in [-0.4, -0.2) is 31.1 Å². The van der Waals surface area contributed by atoms with Crippen molar-refractivity contribution in [3.63, 3.8) is 0 Å². The lowest BCUT2D eigenvalue weighted by Crippen LogP contribution is -2.33. The van der Waals surface area contributed by atoms with Gasteiger partial charge in [0.2, 0.25) is 0 Å². The third kappa shape index (κ3) is 3.59. The highest BCUT2D eigenvalue weighted by atomic mass is 32.1. The summed E-state index contributed by atoms with van der Waals surface area (Å²) in [6, 6.07) is 2.97. The van der Waals surface area contributed by atoms with Gasteiger partial charge in [-0.3, -0.25) is 0 Å². The third-order valence-electron chi connectivity index (χ3n) is 4.54. The molecule has 2 heterocycles. The molecule has 3 rings (SSSR count). The van der Waals surface area contributed by atoms with E-state index in [0.29, 0.717) is 6.04 Å². The fourth-order valence-corrected chi connectivity index (χ4v) is 4.45. The second-order valence-electron chi connectivity index (χ2n) is 5.95.